The van der Waals surface area contributed by atoms with Gasteiger partial charge >= 0.3 is 6.01 Å². The first-order valence-corrected chi connectivity index (χ1v) is 7.64. The first-order valence-electron chi connectivity index (χ1n) is 6.84. The zero-order chi connectivity index (χ0) is 14.7. The van der Waals surface area contributed by atoms with Crippen LogP contribution < -0.4 is 15.4 Å². The lowest BCUT2D eigenvalue weighted by atomic mass is 10.2. The number of hydrogen-bond acceptors (Lipinski definition) is 6. The highest BCUT2D eigenvalue weighted by Gasteiger charge is 2.17. The number of nitrogens with zero attached hydrogens (tertiary/aromatic N) is 4. The molecule has 0 bridgehead atoms. The number of aromatic nitrogens is 3. The van der Waals surface area contributed by atoms with E-state index in [4.69, 9.17) is 10.5 Å². The molecule has 7 heteroatoms. The Morgan fingerprint density at radius 2 is 1.81 bits per heavy atom. The maximum atomic E-state index is 5.74. The number of nitrogen functional groups attached to an aromatic ring is 1. The van der Waals surface area contributed by atoms with Gasteiger partial charge in [0.15, 0.2) is 0 Å². The smallest absolute Gasteiger partial charge is 0.323 e. The average Bonchev–Trinajstić information content (AvgIpc) is 3.00. The molecule has 1 aliphatic heterocycles. The van der Waals surface area contributed by atoms with Gasteiger partial charge in [-0.3, -0.25) is 0 Å². The molecule has 3 rings (SSSR count). The number of rotatable bonds is 4. The van der Waals surface area contributed by atoms with Crippen molar-refractivity contribution < 1.29 is 4.74 Å². The molecular weight excluding hydrogens is 334 g/mol. The molecule has 0 saturated carbocycles. The summed E-state index contributed by atoms with van der Waals surface area (Å²) < 4.78 is 6.66. The Balaban J connectivity index is 1.71. The molecule has 0 amide bonds. The van der Waals surface area contributed by atoms with Crippen LogP contribution in [-0.2, 0) is 6.61 Å². The number of hydrogen-bond donors (Lipinski definition) is 1. The molecule has 21 heavy (non-hydrogen) atoms. The number of halogens is 1. The quantitative estimate of drug-likeness (QED) is 0.913. The van der Waals surface area contributed by atoms with E-state index in [0.29, 0.717) is 12.6 Å². The molecule has 0 atom stereocenters. The van der Waals surface area contributed by atoms with Gasteiger partial charge in [-0.1, -0.05) is 28.1 Å². The zero-order valence-corrected chi connectivity index (χ0v) is 13.1. The van der Waals surface area contributed by atoms with Crippen LogP contribution in [0, 0.1) is 0 Å². The first kappa shape index (κ1) is 14.1. The van der Waals surface area contributed by atoms with Crippen molar-refractivity contribution in [2.24, 2.45) is 0 Å². The Bertz CT molecular complexity index is 613. The van der Waals surface area contributed by atoms with Crippen LogP contribution in [0.1, 0.15) is 18.4 Å². The second-order valence-electron chi connectivity index (χ2n) is 4.89. The zero-order valence-electron chi connectivity index (χ0n) is 11.5. The fourth-order valence-electron chi connectivity index (χ4n) is 2.21. The van der Waals surface area contributed by atoms with Crippen molar-refractivity contribution in [3.8, 4) is 6.01 Å². The predicted molar refractivity (Wildman–Crippen MR) is 84.2 cm³/mol. The third-order valence-corrected chi connectivity index (χ3v) is 3.82. The lowest BCUT2D eigenvalue weighted by molar-refractivity contribution is 0.280. The summed E-state index contributed by atoms with van der Waals surface area (Å²) in [4.78, 5) is 14.7. The highest BCUT2D eigenvalue weighted by Crippen LogP contribution is 2.19. The lowest BCUT2D eigenvalue weighted by Gasteiger charge is -2.15. The molecule has 0 unspecified atom stereocenters. The molecule has 1 saturated heterocycles. The van der Waals surface area contributed by atoms with Gasteiger partial charge in [-0.2, -0.15) is 15.0 Å². The maximum absolute atomic E-state index is 5.74. The minimum Gasteiger partial charge on any atom is -0.458 e. The van der Waals surface area contributed by atoms with E-state index in [1.165, 1.54) is 0 Å². The highest BCUT2D eigenvalue weighted by atomic mass is 79.9. The number of ether oxygens (including phenoxy) is 1. The van der Waals surface area contributed by atoms with Crippen LogP contribution in [0.4, 0.5) is 11.9 Å². The van der Waals surface area contributed by atoms with Crippen molar-refractivity contribution in [1.29, 1.82) is 0 Å². The minimum atomic E-state index is 0.192. The summed E-state index contributed by atoms with van der Waals surface area (Å²) in [6, 6.07) is 8.17. The fourth-order valence-corrected chi connectivity index (χ4v) is 2.48. The van der Waals surface area contributed by atoms with E-state index in [2.05, 4.69) is 35.8 Å². The van der Waals surface area contributed by atoms with Crippen molar-refractivity contribution in [3.05, 3.63) is 34.3 Å². The van der Waals surface area contributed by atoms with E-state index in [9.17, 15) is 0 Å². The third-order valence-electron chi connectivity index (χ3n) is 3.29. The molecule has 2 N–H and O–H groups in total. The van der Waals surface area contributed by atoms with E-state index >= 15 is 0 Å². The summed E-state index contributed by atoms with van der Waals surface area (Å²) in [6.45, 7) is 2.31. The van der Waals surface area contributed by atoms with Gasteiger partial charge in [-0.05, 0) is 30.5 Å². The van der Waals surface area contributed by atoms with Crippen molar-refractivity contribution in [1.82, 2.24) is 15.0 Å². The van der Waals surface area contributed by atoms with Gasteiger partial charge in [0.1, 0.15) is 6.61 Å². The van der Waals surface area contributed by atoms with Gasteiger partial charge in [0.2, 0.25) is 11.9 Å². The molecule has 1 aromatic heterocycles. The largest absolute Gasteiger partial charge is 0.458 e. The van der Waals surface area contributed by atoms with Crippen molar-refractivity contribution in [3.63, 3.8) is 0 Å². The molecule has 6 nitrogen and oxygen atoms in total. The SMILES string of the molecule is Nc1nc(OCc2ccc(Br)cc2)nc(N2CCCC2)n1. The molecule has 1 fully saturated rings. The van der Waals surface area contributed by atoms with Gasteiger partial charge in [0, 0.05) is 17.6 Å². The third kappa shape index (κ3) is 3.60. The summed E-state index contributed by atoms with van der Waals surface area (Å²) in [5.41, 5.74) is 6.78. The van der Waals surface area contributed by atoms with Crippen molar-refractivity contribution in [2.75, 3.05) is 23.7 Å². The monoisotopic (exact) mass is 349 g/mol. The summed E-state index contributed by atoms with van der Waals surface area (Å²) >= 11 is 3.40. The molecule has 0 aliphatic carbocycles. The molecular formula is C14H16BrN5O. The van der Waals surface area contributed by atoms with Crippen LogP contribution in [-0.4, -0.2) is 28.0 Å². The van der Waals surface area contributed by atoms with E-state index in [0.717, 1.165) is 36.0 Å². The van der Waals surface area contributed by atoms with E-state index in [1.54, 1.807) is 0 Å². The van der Waals surface area contributed by atoms with E-state index < -0.39 is 0 Å². The van der Waals surface area contributed by atoms with Crippen molar-refractivity contribution in [2.45, 2.75) is 19.4 Å². The van der Waals surface area contributed by atoms with Gasteiger partial charge in [0.05, 0.1) is 0 Å². The normalized spacial score (nSPS) is 14.4. The van der Waals surface area contributed by atoms with Gasteiger partial charge in [-0.15, -0.1) is 0 Å². The average molecular weight is 350 g/mol. The van der Waals surface area contributed by atoms with Crippen LogP contribution in [0.25, 0.3) is 0 Å². The summed E-state index contributed by atoms with van der Waals surface area (Å²) in [6.07, 6.45) is 2.31. The van der Waals surface area contributed by atoms with Gasteiger partial charge in [-0.25, -0.2) is 0 Å². The molecule has 110 valence electrons. The summed E-state index contributed by atoms with van der Waals surface area (Å²) in [5.74, 6) is 0.795. The fraction of sp³-hybridized carbons (Fsp3) is 0.357. The van der Waals surface area contributed by atoms with Gasteiger partial charge in [0.25, 0.3) is 0 Å². The molecule has 2 aromatic rings. The molecule has 2 heterocycles. The Morgan fingerprint density at radius 1 is 1.10 bits per heavy atom. The molecule has 0 radical (unpaired) electrons. The molecule has 1 aliphatic rings. The Kier molecular flexibility index (Phi) is 4.19. The van der Waals surface area contributed by atoms with Crippen LogP contribution in [0.15, 0.2) is 28.7 Å². The van der Waals surface area contributed by atoms with E-state index in [-0.39, 0.29) is 12.0 Å². The Labute approximate surface area is 131 Å². The van der Waals surface area contributed by atoms with Crippen LogP contribution >= 0.6 is 15.9 Å². The number of anilines is 2. The lowest BCUT2D eigenvalue weighted by Crippen LogP contribution is -2.21. The Morgan fingerprint density at radius 3 is 2.52 bits per heavy atom. The molecule has 1 aromatic carbocycles. The summed E-state index contributed by atoms with van der Waals surface area (Å²) in [5, 5.41) is 0. The van der Waals surface area contributed by atoms with Crippen LogP contribution in [0.3, 0.4) is 0 Å². The molecule has 0 spiro atoms. The van der Waals surface area contributed by atoms with Gasteiger partial charge < -0.3 is 15.4 Å². The predicted octanol–water partition coefficient (Wildman–Crippen LogP) is 2.40. The maximum Gasteiger partial charge on any atom is 0.323 e. The second kappa shape index (κ2) is 6.26. The number of nitrogens with two attached hydrogens (primary N) is 1. The van der Waals surface area contributed by atoms with Crippen molar-refractivity contribution >= 4 is 27.8 Å². The Hall–Kier alpha value is -1.89. The summed E-state index contributed by atoms with van der Waals surface area (Å²) in [7, 11) is 0. The van der Waals surface area contributed by atoms with Crippen LogP contribution in [0.2, 0.25) is 0 Å². The van der Waals surface area contributed by atoms with E-state index in [1.807, 2.05) is 24.3 Å². The minimum absolute atomic E-state index is 0.192. The first-order chi connectivity index (χ1) is 10.2. The standard InChI is InChI=1S/C14H16BrN5O/c15-11-5-3-10(4-6-11)9-21-14-18-12(16)17-13(19-14)20-7-1-2-8-20/h3-6H,1-2,7-9H2,(H2,16,17,18,19). The number of benzene rings is 1. The second-order valence-corrected chi connectivity index (χ2v) is 5.80. The highest BCUT2D eigenvalue weighted by molar-refractivity contribution is 9.10. The van der Waals surface area contributed by atoms with Crippen LogP contribution in [0.5, 0.6) is 6.01 Å². The topological polar surface area (TPSA) is 77.2 Å².